The zero-order valence-corrected chi connectivity index (χ0v) is 21.4. The van der Waals surface area contributed by atoms with Gasteiger partial charge in [-0.1, -0.05) is 91.0 Å². The van der Waals surface area contributed by atoms with Crippen LogP contribution in [0.4, 0.5) is 0 Å². The van der Waals surface area contributed by atoms with Gasteiger partial charge in [0.2, 0.25) is 0 Å². The average Bonchev–Trinajstić information content (AvgIpc) is 2.98. The van der Waals surface area contributed by atoms with Crippen molar-refractivity contribution in [3.63, 3.8) is 0 Å². The summed E-state index contributed by atoms with van der Waals surface area (Å²) in [7, 11) is 0. The third-order valence-corrected chi connectivity index (χ3v) is 6.34. The summed E-state index contributed by atoms with van der Waals surface area (Å²) in [5.41, 5.74) is 9.13. The summed E-state index contributed by atoms with van der Waals surface area (Å²) in [6, 6.07) is 29.5. The zero-order valence-electron chi connectivity index (χ0n) is 21.4. The summed E-state index contributed by atoms with van der Waals surface area (Å²) < 4.78 is 31.4. The Morgan fingerprint density at radius 3 is 1.55 bits per heavy atom. The molecule has 8 heteroatoms. The molecule has 8 nitrogen and oxygen atoms in total. The SMILES string of the molecule is NC[C@H]1O[C@H](OC[C@H](O)CO)[C@H](OCc2ccccc2)[C@@H](OCc2ccccc2)[C@@H]1OCc1ccccc1. The first-order valence-corrected chi connectivity index (χ1v) is 12.9. The maximum absolute atomic E-state index is 9.93. The molecule has 38 heavy (non-hydrogen) atoms. The van der Waals surface area contributed by atoms with E-state index in [9.17, 15) is 10.2 Å². The molecule has 1 fully saturated rings. The molecule has 1 aliphatic heterocycles. The first kappa shape index (κ1) is 28.4. The van der Waals surface area contributed by atoms with Crippen molar-refractivity contribution in [2.45, 2.75) is 56.6 Å². The number of hydrogen-bond acceptors (Lipinski definition) is 8. The number of rotatable bonds is 14. The molecule has 204 valence electrons. The molecule has 0 radical (unpaired) electrons. The predicted molar refractivity (Wildman–Crippen MR) is 142 cm³/mol. The maximum Gasteiger partial charge on any atom is 0.187 e. The Bertz CT molecular complexity index is 1040. The van der Waals surface area contributed by atoms with Crippen molar-refractivity contribution in [2.24, 2.45) is 5.73 Å². The lowest BCUT2D eigenvalue weighted by Crippen LogP contribution is -2.62. The number of aliphatic hydroxyl groups excluding tert-OH is 2. The van der Waals surface area contributed by atoms with Gasteiger partial charge in [0.05, 0.1) is 33.0 Å². The van der Waals surface area contributed by atoms with E-state index >= 15 is 0 Å². The van der Waals surface area contributed by atoms with E-state index in [1.807, 2.05) is 91.0 Å². The van der Waals surface area contributed by atoms with Gasteiger partial charge in [0.25, 0.3) is 0 Å². The van der Waals surface area contributed by atoms with Gasteiger partial charge in [0.15, 0.2) is 6.29 Å². The molecule has 0 amide bonds. The standard InChI is InChI=1S/C30H37NO7/c31-16-26-27(34-18-22-10-4-1-5-11-22)28(35-19-23-12-6-2-7-13-23)29(30(38-26)37-21-25(33)17-32)36-20-24-14-8-3-9-15-24/h1-15,25-30,32-33H,16-21,31H2/t25-,26-,27-,28+,29-,30+/m1/s1. The average molecular weight is 524 g/mol. The van der Waals surface area contributed by atoms with Crippen LogP contribution in [0.2, 0.25) is 0 Å². The van der Waals surface area contributed by atoms with E-state index in [0.717, 1.165) is 16.7 Å². The molecular formula is C30H37NO7. The Morgan fingerprint density at radius 2 is 1.11 bits per heavy atom. The normalized spacial score (nSPS) is 24.2. The number of nitrogens with two attached hydrogens (primary N) is 1. The zero-order chi connectivity index (χ0) is 26.6. The fourth-order valence-electron chi connectivity index (χ4n) is 4.33. The highest BCUT2D eigenvalue weighted by Crippen LogP contribution is 2.31. The molecule has 0 unspecified atom stereocenters. The molecule has 6 atom stereocenters. The van der Waals surface area contributed by atoms with Crippen LogP contribution in [0.25, 0.3) is 0 Å². The molecule has 3 aromatic rings. The van der Waals surface area contributed by atoms with Gasteiger partial charge < -0.3 is 39.6 Å². The molecule has 3 aromatic carbocycles. The van der Waals surface area contributed by atoms with Crippen LogP contribution >= 0.6 is 0 Å². The van der Waals surface area contributed by atoms with Crippen molar-refractivity contribution in [2.75, 3.05) is 19.8 Å². The molecule has 0 aromatic heterocycles. The highest BCUT2D eigenvalue weighted by Gasteiger charge is 2.48. The molecule has 4 N–H and O–H groups in total. The van der Waals surface area contributed by atoms with Crippen LogP contribution in [0.3, 0.4) is 0 Å². The van der Waals surface area contributed by atoms with Gasteiger partial charge in [0, 0.05) is 6.54 Å². The fourth-order valence-corrected chi connectivity index (χ4v) is 4.33. The largest absolute Gasteiger partial charge is 0.394 e. The number of hydrogen-bond donors (Lipinski definition) is 3. The molecule has 0 spiro atoms. The smallest absolute Gasteiger partial charge is 0.187 e. The second kappa shape index (κ2) is 15.1. The van der Waals surface area contributed by atoms with Crippen molar-refractivity contribution in [1.82, 2.24) is 0 Å². The summed E-state index contributed by atoms with van der Waals surface area (Å²) in [6.45, 7) is 0.561. The van der Waals surface area contributed by atoms with E-state index in [1.165, 1.54) is 0 Å². The lowest BCUT2D eigenvalue weighted by molar-refractivity contribution is -0.324. The second-order valence-corrected chi connectivity index (χ2v) is 9.23. The summed E-state index contributed by atoms with van der Waals surface area (Å²) in [5.74, 6) is 0. The highest BCUT2D eigenvalue weighted by atomic mass is 16.7. The van der Waals surface area contributed by atoms with E-state index in [0.29, 0.717) is 19.8 Å². The van der Waals surface area contributed by atoms with Crippen LogP contribution in [0.1, 0.15) is 16.7 Å². The summed E-state index contributed by atoms with van der Waals surface area (Å²) in [6.07, 6.45) is -4.35. The Kier molecular flexibility index (Phi) is 11.2. The Hall–Kier alpha value is -2.66. The lowest BCUT2D eigenvalue weighted by atomic mass is 9.97. The van der Waals surface area contributed by atoms with Crippen molar-refractivity contribution >= 4 is 0 Å². The van der Waals surface area contributed by atoms with E-state index < -0.39 is 43.4 Å². The number of ether oxygens (including phenoxy) is 5. The third kappa shape index (κ3) is 8.17. The van der Waals surface area contributed by atoms with Crippen LogP contribution in [0, 0.1) is 0 Å². The first-order valence-electron chi connectivity index (χ1n) is 12.9. The van der Waals surface area contributed by atoms with Crippen LogP contribution in [-0.4, -0.2) is 66.8 Å². The molecule has 1 saturated heterocycles. The second-order valence-electron chi connectivity index (χ2n) is 9.23. The maximum atomic E-state index is 9.93. The van der Waals surface area contributed by atoms with Crippen molar-refractivity contribution < 1.29 is 33.9 Å². The van der Waals surface area contributed by atoms with E-state index in [-0.39, 0.29) is 13.2 Å². The van der Waals surface area contributed by atoms with Crippen LogP contribution in [-0.2, 0) is 43.5 Å². The minimum Gasteiger partial charge on any atom is -0.394 e. The van der Waals surface area contributed by atoms with Gasteiger partial charge in [-0.2, -0.15) is 0 Å². The molecule has 0 aliphatic carbocycles. The van der Waals surface area contributed by atoms with Gasteiger partial charge in [-0.05, 0) is 16.7 Å². The quantitative estimate of drug-likeness (QED) is 0.296. The van der Waals surface area contributed by atoms with Crippen LogP contribution < -0.4 is 5.73 Å². The van der Waals surface area contributed by atoms with E-state index in [2.05, 4.69) is 0 Å². The van der Waals surface area contributed by atoms with Gasteiger partial charge in [0.1, 0.15) is 30.5 Å². The van der Waals surface area contributed by atoms with E-state index in [4.69, 9.17) is 29.4 Å². The minimum atomic E-state index is -1.06. The lowest BCUT2D eigenvalue weighted by Gasteiger charge is -2.45. The minimum absolute atomic E-state index is 0.134. The molecule has 1 aliphatic rings. The van der Waals surface area contributed by atoms with Crippen LogP contribution in [0.5, 0.6) is 0 Å². The van der Waals surface area contributed by atoms with Gasteiger partial charge in [-0.15, -0.1) is 0 Å². The molecule has 4 rings (SSSR count). The summed E-state index contributed by atoms with van der Waals surface area (Å²) in [4.78, 5) is 0. The van der Waals surface area contributed by atoms with Gasteiger partial charge in [-0.3, -0.25) is 0 Å². The van der Waals surface area contributed by atoms with Crippen molar-refractivity contribution in [1.29, 1.82) is 0 Å². The Morgan fingerprint density at radius 1 is 0.658 bits per heavy atom. The Balaban J connectivity index is 1.59. The molecule has 1 heterocycles. The fraction of sp³-hybridized carbons (Fsp3) is 0.400. The topological polar surface area (TPSA) is 113 Å². The van der Waals surface area contributed by atoms with E-state index in [1.54, 1.807) is 0 Å². The summed E-state index contributed by atoms with van der Waals surface area (Å²) >= 11 is 0. The monoisotopic (exact) mass is 523 g/mol. The van der Waals surface area contributed by atoms with Crippen LogP contribution in [0.15, 0.2) is 91.0 Å². The van der Waals surface area contributed by atoms with Gasteiger partial charge >= 0.3 is 0 Å². The predicted octanol–water partition coefficient (Wildman–Crippen LogP) is 2.80. The Labute approximate surface area is 223 Å². The third-order valence-electron chi connectivity index (χ3n) is 6.34. The van der Waals surface area contributed by atoms with Crippen molar-refractivity contribution in [3.8, 4) is 0 Å². The molecular weight excluding hydrogens is 486 g/mol. The summed E-state index contributed by atoms with van der Waals surface area (Å²) in [5, 5.41) is 19.2. The molecule has 0 bridgehead atoms. The highest BCUT2D eigenvalue weighted by molar-refractivity contribution is 5.15. The van der Waals surface area contributed by atoms with Crippen molar-refractivity contribution in [3.05, 3.63) is 108 Å². The number of aliphatic hydroxyl groups is 2. The van der Waals surface area contributed by atoms with Gasteiger partial charge in [-0.25, -0.2) is 0 Å². The first-order chi connectivity index (χ1) is 18.7. The molecule has 0 saturated carbocycles. The number of benzene rings is 3.